The Bertz CT molecular complexity index is 890. The molecule has 1 aliphatic heterocycles. The molecule has 0 saturated carbocycles. The number of hydrogen-bond donors (Lipinski definition) is 1. The van der Waals surface area contributed by atoms with Gasteiger partial charge in [-0.2, -0.15) is 4.31 Å². The second kappa shape index (κ2) is 8.91. The summed E-state index contributed by atoms with van der Waals surface area (Å²) in [7, 11) is -3.39. The summed E-state index contributed by atoms with van der Waals surface area (Å²) in [6.07, 6.45) is 2.70. The fourth-order valence-corrected chi connectivity index (χ4v) is 5.29. The third kappa shape index (κ3) is 4.91. The highest BCUT2D eigenvalue weighted by Crippen LogP contribution is 2.25. The molecule has 0 bridgehead atoms. The molecule has 0 spiro atoms. The first kappa shape index (κ1) is 19.9. The summed E-state index contributed by atoms with van der Waals surface area (Å²) in [5.41, 5.74) is 1.95. The van der Waals surface area contributed by atoms with Crippen LogP contribution in [0.25, 0.3) is 0 Å². The molecule has 1 fully saturated rings. The molecular formula is C20H24N2O3S2. The van der Waals surface area contributed by atoms with Gasteiger partial charge in [-0.25, -0.2) is 8.42 Å². The smallest absolute Gasteiger partial charge is 0.243 e. The number of aryl methyl sites for hydroxylation is 1. The van der Waals surface area contributed by atoms with Crippen LogP contribution in [0.4, 0.5) is 5.69 Å². The monoisotopic (exact) mass is 404 g/mol. The molecule has 0 unspecified atom stereocenters. The van der Waals surface area contributed by atoms with Gasteiger partial charge >= 0.3 is 0 Å². The Hall–Kier alpha value is -1.83. The second-order valence-electron chi connectivity index (χ2n) is 6.43. The van der Waals surface area contributed by atoms with Gasteiger partial charge in [0.05, 0.1) is 10.6 Å². The van der Waals surface area contributed by atoms with Crippen LogP contribution in [0.2, 0.25) is 0 Å². The minimum atomic E-state index is -3.39. The van der Waals surface area contributed by atoms with Gasteiger partial charge in [-0.05, 0) is 55.2 Å². The molecule has 1 aliphatic rings. The number of hydrogen-bond acceptors (Lipinski definition) is 4. The van der Waals surface area contributed by atoms with E-state index in [9.17, 15) is 13.2 Å². The van der Waals surface area contributed by atoms with E-state index in [1.54, 1.807) is 24.3 Å². The molecule has 1 amide bonds. The fraction of sp³-hybridized carbons (Fsp3) is 0.350. The number of amides is 1. The highest BCUT2D eigenvalue weighted by Gasteiger charge is 2.26. The van der Waals surface area contributed by atoms with Crippen molar-refractivity contribution in [3.8, 4) is 0 Å². The number of thioether (sulfide) groups is 1. The number of rotatable bonds is 7. The van der Waals surface area contributed by atoms with Crippen LogP contribution in [0.15, 0.2) is 58.3 Å². The van der Waals surface area contributed by atoms with E-state index in [1.165, 1.54) is 16.1 Å². The number of anilines is 1. The van der Waals surface area contributed by atoms with E-state index in [-0.39, 0.29) is 11.7 Å². The van der Waals surface area contributed by atoms with Crippen LogP contribution in [0.1, 0.15) is 25.3 Å². The number of carbonyl (C=O) groups is 1. The zero-order valence-electron chi connectivity index (χ0n) is 15.3. The summed E-state index contributed by atoms with van der Waals surface area (Å²) < 4.78 is 26.6. The lowest BCUT2D eigenvalue weighted by Crippen LogP contribution is -2.27. The van der Waals surface area contributed by atoms with Gasteiger partial charge in [-0.3, -0.25) is 4.79 Å². The molecular weight excluding hydrogens is 380 g/mol. The van der Waals surface area contributed by atoms with Gasteiger partial charge in [0.25, 0.3) is 0 Å². The second-order valence-corrected chi connectivity index (χ2v) is 9.42. The highest BCUT2D eigenvalue weighted by molar-refractivity contribution is 8.00. The van der Waals surface area contributed by atoms with Crippen molar-refractivity contribution in [3.05, 3.63) is 54.1 Å². The van der Waals surface area contributed by atoms with Crippen LogP contribution in [0, 0.1) is 0 Å². The number of para-hydroxylation sites is 1. The first-order valence-corrected chi connectivity index (χ1v) is 11.5. The molecule has 5 nitrogen and oxygen atoms in total. The van der Waals surface area contributed by atoms with Crippen LogP contribution >= 0.6 is 11.8 Å². The Morgan fingerprint density at radius 3 is 2.41 bits per heavy atom. The molecule has 0 atom stereocenters. The number of nitrogens with one attached hydrogen (secondary N) is 1. The molecule has 2 aromatic rings. The Morgan fingerprint density at radius 1 is 1.07 bits per heavy atom. The Labute approximate surface area is 165 Å². The van der Waals surface area contributed by atoms with Crippen molar-refractivity contribution in [2.24, 2.45) is 0 Å². The summed E-state index contributed by atoms with van der Waals surface area (Å²) in [5, 5.41) is 2.94. The van der Waals surface area contributed by atoms with Crippen molar-refractivity contribution in [2.45, 2.75) is 36.0 Å². The number of benzene rings is 2. The minimum absolute atomic E-state index is 0.0744. The van der Waals surface area contributed by atoms with Gasteiger partial charge in [0.2, 0.25) is 15.9 Å². The maximum absolute atomic E-state index is 12.5. The summed E-state index contributed by atoms with van der Waals surface area (Å²) in [6.45, 7) is 3.24. The van der Waals surface area contributed by atoms with Gasteiger partial charge in [-0.15, -0.1) is 11.8 Å². The lowest BCUT2D eigenvalue weighted by molar-refractivity contribution is -0.113. The molecule has 0 aliphatic carbocycles. The topological polar surface area (TPSA) is 66.5 Å². The third-order valence-corrected chi connectivity index (χ3v) is 7.49. The first-order valence-electron chi connectivity index (χ1n) is 9.11. The average molecular weight is 405 g/mol. The van der Waals surface area contributed by atoms with Gasteiger partial charge in [-0.1, -0.05) is 25.1 Å². The van der Waals surface area contributed by atoms with Crippen LogP contribution in [-0.2, 0) is 21.2 Å². The van der Waals surface area contributed by atoms with Gasteiger partial charge in [0.1, 0.15) is 0 Å². The lowest BCUT2D eigenvalue weighted by Gasteiger charge is -2.15. The van der Waals surface area contributed by atoms with E-state index in [0.29, 0.717) is 18.0 Å². The number of nitrogens with zero attached hydrogens (tertiary/aromatic N) is 1. The van der Waals surface area contributed by atoms with Crippen molar-refractivity contribution >= 4 is 33.4 Å². The standard InChI is InChI=1S/C20H24N2O3S2/c1-2-16-7-3-4-8-19(16)21-20(23)15-26-17-9-11-18(12-10-17)27(24,25)22-13-5-6-14-22/h3-4,7-12H,2,5-6,13-15H2,1H3,(H,21,23). The Kier molecular flexibility index (Phi) is 6.57. The fourth-order valence-electron chi connectivity index (χ4n) is 3.07. The summed E-state index contributed by atoms with van der Waals surface area (Å²) in [6, 6.07) is 14.5. The van der Waals surface area contributed by atoms with Crippen molar-refractivity contribution in [1.29, 1.82) is 0 Å². The summed E-state index contributed by atoms with van der Waals surface area (Å²) >= 11 is 1.39. The van der Waals surface area contributed by atoms with Gasteiger partial charge in [0.15, 0.2) is 0 Å². The van der Waals surface area contributed by atoms with E-state index in [1.807, 2.05) is 24.3 Å². The van der Waals surface area contributed by atoms with Crippen LogP contribution in [0.5, 0.6) is 0 Å². The predicted molar refractivity (Wildman–Crippen MR) is 110 cm³/mol. The zero-order chi connectivity index (χ0) is 19.3. The van der Waals surface area contributed by atoms with Crippen molar-refractivity contribution in [3.63, 3.8) is 0 Å². The van der Waals surface area contributed by atoms with Crippen molar-refractivity contribution in [2.75, 3.05) is 24.2 Å². The normalized spacial score (nSPS) is 15.0. The minimum Gasteiger partial charge on any atom is -0.325 e. The third-order valence-electron chi connectivity index (χ3n) is 4.57. The van der Waals surface area contributed by atoms with Crippen LogP contribution in [-0.4, -0.2) is 37.5 Å². The molecule has 1 N–H and O–H groups in total. The van der Waals surface area contributed by atoms with Gasteiger partial charge < -0.3 is 5.32 Å². The Balaban J connectivity index is 1.58. The number of sulfonamides is 1. The first-order chi connectivity index (χ1) is 13.0. The predicted octanol–water partition coefficient (Wildman–Crippen LogP) is 3.76. The SMILES string of the molecule is CCc1ccccc1NC(=O)CSc1ccc(S(=O)(=O)N2CCCC2)cc1. The van der Waals surface area contributed by atoms with Crippen LogP contribution < -0.4 is 5.32 Å². The average Bonchev–Trinajstić information content (AvgIpc) is 3.23. The quantitative estimate of drug-likeness (QED) is 0.714. The molecule has 1 heterocycles. The molecule has 144 valence electrons. The van der Waals surface area contributed by atoms with E-state index < -0.39 is 10.0 Å². The highest BCUT2D eigenvalue weighted by atomic mass is 32.2. The molecule has 2 aromatic carbocycles. The molecule has 27 heavy (non-hydrogen) atoms. The maximum atomic E-state index is 12.5. The molecule has 3 rings (SSSR count). The molecule has 1 saturated heterocycles. The zero-order valence-corrected chi connectivity index (χ0v) is 17.0. The van der Waals surface area contributed by atoms with Crippen LogP contribution in [0.3, 0.4) is 0 Å². The van der Waals surface area contributed by atoms with Gasteiger partial charge in [0, 0.05) is 23.7 Å². The summed E-state index contributed by atoms with van der Waals surface area (Å²) in [5.74, 6) is 0.200. The summed E-state index contributed by atoms with van der Waals surface area (Å²) in [4.78, 5) is 13.4. The van der Waals surface area contributed by atoms with E-state index >= 15 is 0 Å². The largest absolute Gasteiger partial charge is 0.325 e. The van der Waals surface area contributed by atoms with E-state index in [0.717, 1.165) is 35.4 Å². The Morgan fingerprint density at radius 2 is 1.74 bits per heavy atom. The number of carbonyl (C=O) groups excluding carboxylic acids is 1. The van der Waals surface area contributed by atoms with E-state index in [2.05, 4.69) is 12.2 Å². The lowest BCUT2D eigenvalue weighted by atomic mass is 10.1. The van der Waals surface area contributed by atoms with E-state index in [4.69, 9.17) is 0 Å². The van der Waals surface area contributed by atoms with Crippen molar-refractivity contribution < 1.29 is 13.2 Å². The molecule has 0 aromatic heterocycles. The maximum Gasteiger partial charge on any atom is 0.243 e. The molecule has 0 radical (unpaired) electrons. The van der Waals surface area contributed by atoms with Crippen molar-refractivity contribution in [1.82, 2.24) is 4.31 Å². The molecule has 7 heteroatoms.